The number of fused-ring (bicyclic) bond motifs is 1. The van der Waals surface area contributed by atoms with Crippen LogP contribution in [0.2, 0.25) is 0 Å². The first kappa shape index (κ1) is 29.9. The molecule has 10 nitrogen and oxygen atoms in total. The highest BCUT2D eigenvalue weighted by molar-refractivity contribution is 7.89. The Morgan fingerprint density at radius 3 is 2.21 bits per heavy atom. The van der Waals surface area contributed by atoms with Crippen LogP contribution in [0.4, 0.5) is 5.00 Å². The fourth-order valence-corrected chi connectivity index (χ4v) is 8.15. The van der Waals surface area contributed by atoms with Crippen LogP contribution in [0, 0.1) is 0 Å². The van der Waals surface area contributed by atoms with Crippen LogP contribution in [0.25, 0.3) is 0 Å². The van der Waals surface area contributed by atoms with E-state index in [1.54, 1.807) is 0 Å². The van der Waals surface area contributed by atoms with Gasteiger partial charge in [0.2, 0.25) is 15.9 Å². The average Bonchev–Trinajstić information content (AvgIpc) is 3.13. The van der Waals surface area contributed by atoms with Gasteiger partial charge in [-0.3, -0.25) is 30.1 Å². The van der Waals surface area contributed by atoms with Crippen LogP contribution in [0.1, 0.15) is 69.3 Å². The Morgan fingerprint density at radius 2 is 1.55 bits per heavy atom. The van der Waals surface area contributed by atoms with E-state index in [1.807, 2.05) is 18.2 Å². The third-order valence-corrected chi connectivity index (χ3v) is 10.6. The Kier molecular flexibility index (Phi) is 9.37. The van der Waals surface area contributed by atoms with Crippen molar-refractivity contribution in [3.63, 3.8) is 0 Å². The van der Waals surface area contributed by atoms with Gasteiger partial charge < -0.3 is 5.32 Å². The van der Waals surface area contributed by atoms with Crippen LogP contribution in [-0.4, -0.2) is 55.0 Å². The summed E-state index contributed by atoms with van der Waals surface area (Å²) < 4.78 is 27.8. The van der Waals surface area contributed by atoms with E-state index < -0.39 is 27.7 Å². The fraction of sp³-hybridized carbons (Fsp3) is 0.367. The summed E-state index contributed by atoms with van der Waals surface area (Å²) in [6.45, 7) is 4.41. The zero-order valence-corrected chi connectivity index (χ0v) is 25.2. The SMILES string of the molecule is CC(=O)NNC(=O)c1c(NC(=O)c2ccc(S(=O)(=O)N3CCCCCC3)cc2)sc2c1CCN(Cc1ccccc1)C2. The number of thiophene rings is 1. The number of carbonyl (C=O) groups excluding carboxylic acids is 3. The third-order valence-electron chi connectivity index (χ3n) is 7.51. The number of hydrogen-bond acceptors (Lipinski definition) is 7. The molecular weight excluding hydrogens is 574 g/mol. The summed E-state index contributed by atoms with van der Waals surface area (Å²) in [5.41, 5.74) is 7.40. The molecule has 0 unspecified atom stereocenters. The highest BCUT2D eigenvalue weighted by Crippen LogP contribution is 2.38. The van der Waals surface area contributed by atoms with E-state index in [0.29, 0.717) is 36.6 Å². The molecule has 1 fully saturated rings. The van der Waals surface area contributed by atoms with Crippen LogP contribution < -0.4 is 16.2 Å². The van der Waals surface area contributed by atoms with Gasteiger partial charge in [-0.15, -0.1) is 11.3 Å². The molecule has 3 heterocycles. The molecule has 12 heteroatoms. The largest absolute Gasteiger partial charge is 0.313 e. The normalized spacial score (nSPS) is 16.2. The van der Waals surface area contributed by atoms with Gasteiger partial charge in [-0.1, -0.05) is 43.2 Å². The monoisotopic (exact) mass is 609 g/mol. The predicted molar refractivity (Wildman–Crippen MR) is 161 cm³/mol. The second-order valence-electron chi connectivity index (χ2n) is 10.6. The number of carbonyl (C=O) groups is 3. The molecule has 2 aromatic carbocycles. The van der Waals surface area contributed by atoms with Gasteiger partial charge in [-0.05, 0) is 54.7 Å². The van der Waals surface area contributed by atoms with Gasteiger partial charge >= 0.3 is 0 Å². The minimum atomic E-state index is -3.64. The molecule has 3 aromatic rings. The molecule has 5 rings (SSSR count). The maximum absolute atomic E-state index is 13.3. The molecule has 3 amide bonds. The minimum Gasteiger partial charge on any atom is -0.313 e. The van der Waals surface area contributed by atoms with Crippen molar-refractivity contribution in [3.8, 4) is 0 Å². The summed E-state index contributed by atoms with van der Waals surface area (Å²) >= 11 is 1.34. The smallest absolute Gasteiger partial charge is 0.272 e. The van der Waals surface area contributed by atoms with Crippen molar-refractivity contribution in [1.82, 2.24) is 20.1 Å². The third kappa shape index (κ3) is 6.89. The summed E-state index contributed by atoms with van der Waals surface area (Å²) in [7, 11) is -3.64. The van der Waals surface area contributed by atoms with Crippen molar-refractivity contribution < 1.29 is 22.8 Å². The molecule has 3 N–H and O–H groups in total. The number of nitrogens with zero attached hydrogens (tertiary/aromatic N) is 2. The molecule has 42 heavy (non-hydrogen) atoms. The number of benzene rings is 2. The molecular formula is C30H35N5O5S2. The average molecular weight is 610 g/mol. The van der Waals surface area contributed by atoms with E-state index in [2.05, 4.69) is 33.2 Å². The standard InChI is InChI=1S/C30H35N5O5S2/c1-21(36)32-33-29(38)27-25-15-18-34(19-22-9-5-4-6-10-22)20-26(25)41-30(27)31-28(37)23-11-13-24(14-12-23)42(39,40)35-16-7-2-3-8-17-35/h4-6,9-14H,2-3,7-8,15-20H2,1H3,(H,31,37)(H,32,36)(H,33,38). The Morgan fingerprint density at radius 1 is 0.857 bits per heavy atom. The first-order valence-corrected chi connectivity index (χ1v) is 16.4. The van der Waals surface area contributed by atoms with Gasteiger partial charge in [0.05, 0.1) is 10.5 Å². The van der Waals surface area contributed by atoms with Gasteiger partial charge in [-0.25, -0.2) is 8.42 Å². The van der Waals surface area contributed by atoms with Gasteiger partial charge in [0.25, 0.3) is 11.8 Å². The van der Waals surface area contributed by atoms with E-state index in [1.165, 1.54) is 52.4 Å². The highest BCUT2D eigenvalue weighted by atomic mass is 32.2. The van der Waals surface area contributed by atoms with Crippen molar-refractivity contribution in [2.24, 2.45) is 0 Å². The van der Waals surface area contributed by atoms with E-state index in [9.17, 15) is 22.8 Å². The van der Waals surface area contributed by atoms with Crippen LogP contribution in [0.5, 0.6) is 0 Å². The molecule has 2 aliphatic heterocycles. The number of rotatable bonds is 7. The lowest BCUT2D eigenvalue weighted by Gasteiger charge is -2.27. The van der Waals surface area contributed by atoms with Gasteiger partial charge in [0, 0.05) is 50.1 Å². The topological polar surface area (TPSA) is 128 Å². The molecule has 2 aliphatic rings. The lowest BCUT2D eigenvalue weighted by molar-refractivity contribution is -0.119. The molecule has 222 valence electrons. The highest BCUT2D eigenvalue weighted by Gasteiger charge is 2.30. The van der Waals surface area contributed by atoms with Crippen molar-refractivity contribution >= 4 is 44.1 Å². The zero-order valence-electron chi connectivity index (χ0n) is 23.5. The van der Waals surface area contributed by atoms with Crippen molar-refractivity contribution in [3.05, 3.63) is 81.7 Å². The number of sulfonamides is 1. The lowest BCUT2D eigenvalue weighted by Crippen LogP contribution is -2.41. The summed E-state index contributed by atoms with van der Waals surface area (Å²) in [6.07, 6.45) is 4.33. The Balaban J connectivity index is 1.35. The number of amides is 3. The first-order chi connectivity index (χ1) is 20.2. The first-order valence-electron chi connectivity index (χ1n) is 14.1. The Bertz CT molecular complexity index is 1550. The van der Waals surface area contributed by atoms with E-state index in [4.69, 9.17) is 0 Å². The molecule has 0 saturated carbocycles. The van der Waals surface area contributed by atoms with Gasteiger partial charge in [-0.2, -0.15) is 4.31 Å². The zero-order chi connectivity index (χ0) is 29.7. The van der Waals surface area contributed by atoms with Gasteiger partial charge in [0.1, 0.15) is 5.00 Å². The molecule has 0 radical (unpaired) electrons. The molecule has 0 aliphatic carbocycles. The second-order valence-corrected chi connectivity index (χ2v) is 13.6. The quantitative estimate of drug-likeness (QED) is 0.349. The Hall–Kier alpha value is -3.58. The second kappa shape index (κ2) is 13.2. The maximum Gasteiger partial charge on any atom is 0.272 e. The summed E-state index contributed by atoms with van der Waals surface area (Å²) in [5.74, 6) is -1.38. The number of hydrogen-bond donors (Lipinski definition) is 3. The van der Waals surface area contributed by atoms with Crippen LogP contribution >= 0.6 is 11.3 Å². The molecule has 0 bridgehead atoms. The lowest BCUT2D eigenvalue weighted by atomic mass is 10.0. The number of hydrazine groups is 1. The number of anilines is 1. The minimum absolute atomic E-state index is 0.154. The molecule has 0 spiro atoms. The molecule has 1 aromatic heterocycles. The summed E-state index contributed by atoms with van der Waals surface area (Å²) in [6, 6.07) is 16.0. The van der Waals surface area contributed by atoms with Crippen LogP contribution in [0.3, 0.4) is 0 Å². The van der Waals surface area contributed by atoms with Crippen LogP contribution in [0.15, 0.2) is 59.5 Å². The van der Waals surface area contributed by atoms with Crippen molar-refractivity contribution in [2.45, 2.75) is 57.0 Å². The molecule has 1 saturated heterocycles. The predicted octanol–water partition coefficient (Wildman–Crippen LogP) is 3.90. The Labute approximate surface area is 250 Å². The van der Waals surface area contributed by atoms with Crippen molar-refractivity contribution in [2.75, 3.05) is 25.0 Å². The van der Waals surface area contributed by atoms with E-state index >= 15 is 0 Å². The van der Waals surface area contributed by atoms with Crippen molar-refractivity contribution in [1.29, 1.82) is 0 Å². The molecule has 0 atom stereocenters. The van der Waals surface area contributed by atoms with Gasteiger partial charge in [0.15, 0.2) is 0 Å². The van der Waals surface area contributed by atoms with E-state index in [-0.39, 0.29) is 10.5 Å². The number of nitrogens with one attached hydrogen (secondary N) is 3. The summed E-state index contributed by atoms with van der Waals surface area (Å²) in [5, 5.41) is 3.26. The van der Waals surface area contributed by atoms with Crippen LogP contribution in [-0.2, 0) is 34.3 Å². The van der Waals surface area contributed by atoms with E-state index in [0.717, 1.165) is 49.2 Å². The maximum atomic E-state index is 13.3. The fourth-order valence-electron chi connectivity index (χ4n) is 5.35. The summed E-state index contributed by atoms with van der Waals surface area (Å²) in [4.78, 5) is 41.3.